The average Bonchev–Trinajstić information content (AvgIpc) is 2.81. The lowest BCUT2D eigenvalue weighted by Crippen LogP contribution is -2.41. The summed E-state index contributed by atoms with van der Waals surface area (Å²) in [5.41, 5.74) is 0.431. The fraction of sp³-hybridized carbons (Fsp3) is 0.500. The van der Waals surface area contributed by atoms with Crippen LogP contribution in [0, 0.1) is 5.92 Å². The second-order valence-corrected chi connectivity index (χ2v) is 9.43. The molecule has 1 aliphatic rings. The number of hydrogen-bond acceptors (Lipinski definition) is 7. The first kappa shape index (κ1) is 23.9. The van der Waals surface area contributed by atoms with E-state index in [0.717, 1.165) is 25.2 Å². The number of nitrogens with zero attached hydrogens (tertiary/aromatic N) is 4. The summed E-state index contributed by atoms with van der Waals surface area (Å²) >= 11 is 0. The first-order valence-corrected chi connectivity index (χ1v) is 12.4. The molecule has 0 radical (unpaired) electrons. The summed E-state index contributed by atoms with van der Waals surface area (Å²) in [7, 11) is -3.75. The molecule has 0 saturated carbocycles. The van der Waals surface area contributed by atoms with E-state index in [0.29, 0.717) is 31.9 Å². The summed E-state index contributed by atoms with van der Waals surface area (Å²) in [6.45, 7) is 7.77. The van der Waals surface area contributed by atoms with Crippen LogP contribution in [0.3, 0.4) is 0 Å². The maximum absolute atomic E-state index is 13.1. The molecule has 2 aromatic rings. The number of rotatable bonds is 9. The number of aromatic nitrogens is 2. The highest BCUT2D eigenvalue weighted by Gasteiger charge is 2.29. The van der Waals surface area contributed by atoms with Crippen LogP contribution in [0.5, 0.6) is 5.75 Å². The van der Waals surface area contributed by atoms with Gasteiger partial charge in [-0.2, -0.15) is 4.31 Å². The number of piperidine rings is 1. The van der Waals surface area contributed by atoms with Gasteiger partial charge in [-0.1, -0.05) is 13.8 Å². The van der Waals surface area contributed by atoms with Crippen LogP contribution in [0.1, 0.15) is 33.6 Å². The van der Waals surface area contributed by atoms with Gasteiger partial charge in [0.1, 0.15) is 16.5 Å². The van der Waals surface area contributed by atoms with Crippen molar-refractivity contribution in [2.24, 2.45) is 5.92 Å². The monoisotopic (exact) mass is 461 g/mol. The lowest BCUT2D eigenvalue weighted by Gasteiger charge is -2.32. The molecule has 10 heteroatoms. The number of amides is 1. The van der Waals surface area contributed by atoms with Crippen molar-refractivity contribution in [1.29, 1.82) is 0 Å². The van der Waals surface area contributed by atoms with Crippen molar-refractivity contribution >= 4 is 27.4 Å². The summed E-state index contributed by atoms with van der Waals surface area (Å²) in [4.78, 5) is 23.5. The molecule has 1 saturated heterocycles. The summed E-state index contributed by atoms with van der Waals surface area (Å²) in [6, 6.07) is 4.76. The third-order valence-corrected chi connectivity index (χ3v) is 7.57. The molecule has 1 aliphatic heterocycles. The van der Waals surface area contributed by atoms with Crippen LogP contribution in [0.15, 0.2) is 41.7 Å². The fourth-order valence-electron chi connectivity index (χ4n) is 3.86. The van der Waals surface area contributed by atoms with Crippen LogP contribution in [-0.2, 0) is 14.8 Å². The number of ether oxygens (including phenoxy) is 1. The molecule has 1 aromatic heterocycles. The molecular weight excluding hydrogens is 430 g/mol. The van der Waals surface area contributed by atoms with Crippen LogP contribution < -0.4 is 15.0 Å². The predicted octanol–water partition coefficient (Wildman–Crippen LogP) is 2.76. The molecule has 3 rings (SSSR count). The Morgan fingerprint density at radius 1 is 1.25 bits per heavy atom. The first-order chi connectivity index (χ1) is 15.4. The van der Waals surface area contributed by atoms with Gasteiger partial charge in [-0.25, -0.2) is 13.4 Å². The lowest BCUT2D eigenvalue weighted by molar-refractivity contribution is -0.120. The second-order valence-electron chi connectivity index (χ2n) is 7.52. The van der Waals surface area contributed by atoms with Crippen LogP contribution in [0.4, 0.5) is 11.5 Å². The number of nitrogens with one attached hydrogen (secondary N) is 1. The van der Waals surface area contributed by atoms with Crippen molar-refractivity contribution in [3.8, 4) is 5.75 Å². The number of carbonyl (C=O) groups excluding carboxylic acids is 1. The largest absolute Gasteiger partial charge is 0.492 e. The normalized spacial score (nSPS) is 16.8. The van der Waals surface area contributed by atoms with Gasteiger partial charge in [0.15, 0.2) is 0 Å². The minimum absolute atomic E-state index is 0.0608. The summed E-state index contributed by atoms with van der Waals surface area (Å²) in [5, 5.41) is 2.90. The van der Waals surface area contributed by atoms with Gasteiger partial charge in [-0.3, -0.25) is 9.78 Å². The average molecular weight is 462 g/mol. The molecular formula is C22H31N5O4S. The number of sulfonamides is 1. The molecule has 1 fully saturated rings. The zero-order valence-corrected chi connectivity index (χ0v) is 19.6. The SMILES string of the molecule is CCOc1ccc(NC(=O)C2CCCN(c3cnccn3)C2)cc1S(=O)(=O)N(CC)CC. The van der Waals surface area contributed by atoms with Crippen molar-refractivity contribution in [3.63, 3.8) is 0 Å². The van der Waals surface area contributed by atoms with Gasteiger partial charge in [0.25, 0.3) is 0 Å². The van der Waals surface area contributed by atoms with Crippen LogP contribution in [0.25, 0.3) is 0 Å². The zero-order valence-electron chi connectivity index (χ0n) is 18.8. The molecule has 32 heavy (non-hydrogen) atoms. The molecule has 1 N–H and O–H groups in total. The highest BCUT2D eigenvalue weighted by atomic mass is 32.2. The standard InChI is InChI=1S/C22H31N5O4S/c1-4-27(5-2)32(29,30)20-14-18(9-10-19(20)31-6-3)25-22(28)17-8-7-13-26(16-17)21-15-23-11-12-24-21/h9-12,14-15,17H,4-8,13,16H2,1-3H3,(H,25,28). The third-order valence-electron chi connectivity index (χ3n) is 5.50. The highest BCUT2D eigenvalue weighted by molar-refractivity contribution is 7.89. The molecule has 0 aliphatic carbocycles. The van der Waals surface area contributed by atoms with Crippen molar-refractivity contribution < 1.29 is 17.9 Å². The van der Waals surface area contributed by atoms with Gasteiger partial charge in [0.05, 0.1) is 18.7 Å². The van der Waals surface area contributed by atoms with E-state index in [-0.39, 0.29) is 22.5 Å². The Labute approximate surface area is 189 Å². The first-order valence-electron chi connectivity index (χ1n) is 11.0. The van der Waals surface area contributed by atoms with E-state index in [1.165, 1.54) is 10.4 Å². The maximum Gasteiger partial charge on any atom is 0.246 e. The van der Waals surface area contributed by atoms with Crippen LogP contribution in [-0.4, -0.2) is 61.4 Å². The number of anilines is 2. The topological polar surface area (TPSA) is 105 Å². The van der Waals surface area contributed by atoms with Gasteiger partial charge in [0, 0.05) is 44.3 Å². The fourth-order valence-corrected chi connectivity index (χ4v) is 5.48. The molecule has 9 nitrogen and oxygen atoms in total. The summed E-state index contributed by atoms with van der Waals surface area (Å²) in [5.74, 6) is 0.650. The van der Waals surface area contributed by atoms with Crippen molar-refractivity contribution in [2.45, 2.75) is 38.5 Å². The molecule has 0 spiro atoms. The summed E-state index contributed by atoms with van der Waals surface area (Å²) < 4.78 is 33.2. The third kappa shape index (κ3) is 5.36. The number of carbonyl (C=O) groups is 1. The molecule has 0 bridgehead atoms. The van der Waals surface area contributed by atoms with E-state index in [1.807, 2.05) is 0 Å². The molecule has 1 aromatic carbocycles. The molecule has 1 unspecified atom stereocenters. The number of hydrogen-bond donors (Lipinski definition) is 1. The van der Waals surface area contributed by atoms with Gasteiger partial charge in [-0.15, -0.1) is 0 Å². The zero-order chi connectivity index (χ0) is 23.1. The summed E-state index contributed by atoms with van der Waals surface area (Å²) in [6.07, 6.45) is 6.56. The Kier molecular flexibility index (Phi) is 8.03. The van der Waals surface area contributed by atoms with Gasteiger partial charge in [-0.05, 0) is 38.0 Å². The molecule has 1 atom stereocenters. The highest BCUT2D eigenvalue weighted by Crippen LogP contribution is 2.31. The second kappa shape index (κ2) is 10.7. The Morgan fingerprint density at radius 3 is 2.69 bits per heavy atom. The Bertz CT molecular complexity index is 1010. The minimum Gasteiger partial charge on any atom is -0.492 e. The smallest absolute Gasteiger partial charge is 0.246 e. The van der Waals surface area contributed by atoms with Crippen molar-refractivity contribution in [1.82, 2.24) is 14.3 Å². The number of benzene rings is 1. The van der Waals surface area contributed by atoms with Gasteiger partial charge < -0.3 is 15.0 Å². The lowest BCUT2D eigenvalue weighted by atomic mass is 9.97. The minimum atomic E-state index is -3.75. The Morgan fingerprint density at radius 2 is 2.03 bits per heavy atom. The van der Waals surface area contributed by atoms with Crippen molar-refractivity contribution in [2.75, 3.05) is 43.0 Å². The van der Waals surface area contributed by atoms with Gasteiger partial charge >= 0.3 is 0 Å². The van der Waals surface area contributed by atoms with E-state index in [4.69, 9.17) is 4.74 Å². The van der Waals surface area contributed by atoms with Crippen LogP contribution >= 0.6 is 0 Å². The molecule has 174 valence electrons. The Hall–Kier alpha value is -2.72. The van der Waals surface area contributed by atoms with E-state index in [9.17, 15) is 13.2 Å². The van der Waals surface area contributed by atoms with E-state index in [2.05, 4.69) is 20.2 Å². The molecule has 1 amide bonds. The van der Waals surface area contributed by atoms with Crippen LogP contribution in [0.2, 0.25) is 0 Å². The predicted molar refractivity (Wildman–Crippen MR) is 123 cm³/mol. The van der Waals surface area contributed by atoms with E-state index in [1.54, 1.807) is 51.5 Å². The maximum atomic E-state index is 13.1. The van der Waals surface area contributed by atoms with Gasteiger partial charge in [0.2, 0.25) is 15.9 Å². The molecule has 2 heterocycles. The van der Waals surface area contributed by atoms with Crippen molar-refractivity contribution in [3.05, 3.63) is 36.8 Å². The quantitative estimate of drug-likeness (QED) is 0.612. The van der Waals surface area contributed by atoms with E-state index < -0.39 is 10.0 Å². The van der Waals surface area contributed by atoms with E-state index >= 15 is 0 Å². The Balaban J connectivity index is 1.80.